The number of nitrogens with two attached hydrogens (primary N) is 1. The Hall–Kier alpha value is -1.81. The van der Waals surface area contributed by atoms with Crippen LogP contribution in [0.3, 0.4) is 0 Å². The summed E-state index contributed by atoms with van der Waals surface area (Å²) in [7, 11) is 0. The third-order valence-corrected chi connectivity index (χ3v) is 2.47. The summed E-state index contributed by atoms with van der Waals surface area (Å²) in [4.78, 5) is 0. The maximum atomic E-state index is 5.77. The van der Waals surface area contributed by atoms with Crippen molar-refractivity contribution >= 4 is 0 Å². The molecule has 1 aromatic heterocycles. The second-order valence-corrected chi connectivity index (χ2v) is 4.08. The van der Waals surface area contributed by atoms with Crippen LogP contribution in [0, 0.1) is 6.92 Å². The Kier molecular flexibility index (Phi) is 3.44. The molecule has 0 bridgehead atoms. The molecule has 0 saturated carbocycles. The van der Waals surface area contributed by atoms with Crippen molar-refractivity contribution in [1.82, 2.24) is 5.16 Å². The van der Waals surface area contributed by atoms with E-state index < -0.39 is 0 Å². The van der Waals surface area contributed by atoms with E-state index in [9.17, 15) is 0 Å². The number of benzene rings is 1. The van der Waals surface area contributed by atoms with Gasteiger partial charge in [-0.1, -0.05) is 17.3 Å². The second-order valence-electron chi connectivity index (χ2n) is 4.08. The summed E-state index contributed by atoms with van der Waals surface area (Å²) < 4.78 is 10.5. The fourth-order valence-corrected chi connectivity index (χ4v) is 1.51. The SMILES string of the molecule is Cc1cc(COc2ccc([C@H](C)N)cc2)no1. The average Bonchev–Trinajstić information content (AvgIpc) is 2.73. The molecule has 0 aliphatic rings. The number of nitrogens with zero attached hydrogens (tertiary/aromatic N) is 1. The van der Waals surface area contributed by atoms with Crippen molar-refractivity contribution in [3.8, 4) is 5.75 Å². The summed E-state index contributed by atoms with van der Waals surface area (Å²) in [5, 5.41) is 3.86. The van der Waals surface area contributed by atoms with E-state index in [0.717, 1.165) is 22.8 Å². The summed E-state index contributed by atoms with van der Waals surface area (Å²) >= 11 is 0. The molecule has 0 aliphatic heterocycles. The van der Waals surface area contributed by atoms with Crippen LogP contribution in [0.15, 0.2) is 34.9 Å². The number of hydrogen-bond acceptors (Lipinski definition) is 4. The molecule has 0 radical (unpaired) electrons. The van der Waals surface area contributed by atoms with Crippen LogP contribution in [-0.4, -0.2) is 5.16 Å². The molecule has 2 rings (SSSR count). The summed E-state index contributed by atoms with van der Waals surface area (Å²) in [6.45, 7) is 4.22. The number of aromatic nitrogens is 1. The molecule has 0 amide bonds. The summed E-state index contributed by atoms with van der Waals surface area (Å²) in [5.74, 6) is 1.59. The second kappa shape index (κ2) is 5.01. The number of hydrogen-bond donors (Lipinski definition) is 1. The van der Waals surface area contributed by atoms with Crippen molar-refractivity contribution in [3.63, 3.8) is 0 Å². The van der Waals surface area contributed by atoms with Crippen LogP contribution in [0.25, 0.3) is 0 Å². The minimum absolute atomic E-state index is 0.0437. The topological polar surface area (TPSA) is 61.3 Å². The van der Waals surface area contributed by atoms with E-state index in [1.54, 1.807) is 0 Å². The first-order valence-corrected chi connectivity index (χ1v) is 5.55. The first-order valence-electron chi connectivity index (χ1n) is 5.55. The molecule has 2 N–H and O–H groups in total. The van der Waals surface area contributed by atoms with Crippen molar-refractivity contribution in [2.45, 2.75) is 26.5 Å². The van der Waals surface area contributed by atoms with Crippen LogP contribution in [0.4, 0.5) is 0 Å². The van der Waals surface area contributed by atoms with E-state index in [1.165, 1.54) is 0 Å². The van der Waals surface area contributed by atoms with Gasteiger partial charge in [0.25, 0.3) is 0 Å². The Balaban J connectivity index is 1.95. The molecule has 1 aromatic carbocycles. The summed E-state index contributed by atoms with van der Waals surface area (Å²) in [6, 6.07) is 9.65. The zero-order chi connectivity index (χ0) is 12.3. The zero-order valence-electron chi connectivity index (χ0n) is 10.0. The van der Waals surface area contributed by atoms with Gasteiger partial charge in [0.1, 0.15) is 23.8 Å². The largest absolute Gasteiger partial charge is 0.487 e. The molecular formula is C13H16N2O2. The van der Waals surface area contributed by atoms with Crippen LogP contribution < -0.4 is 10.5 Å². The van der Waals surface area contributed by atoms with E-state index in [0.29, 0.717) is 6.61 Å². The fourth-order valence-electron chi connectivity index (χ4n) is 1.51. The molecule has 4 heteroatoms. The Morgan fingerprint density at radius 1 is 1.35 bits per heavy atom. The van der Waals surface area contributed by atoms with Crippen molar-refractivity contribution in [1.29, 1.82) is 0 Å². The summed E-state index contributed by atoms with van der Waals surface area (Å²) in [5.41, 5.74) is 7.65. The lowest BCUT2D eigenvalue weighted by molar-refractivity contribution is 0.288. The van der Waals surface area contributed by atoms with Crippen molar-refractivity contribution in [3.05, 3.63) is 47.3 Å². The van der Waals surface area contributed by atoms with E-state index >= 15 is 0 Å². The molecule has 0 saturated heterocycles. The lowest BCUT2D eigenvalue weighted by Gasteiger charge is -2.07. The molecule has 2 aromatic rings. The number of rotatable bonds is 4. The van der Waals surface area contributed by atoms with Gasteiger partial charge in [0.2, 0.25) is 0 Å². The van der Waals surface area contributed by atoms with Crippen molar-refractivity contribution in [2.75, 3.05) is 0 Å². The van der Waals surface area contributed by atoms with Crippen LogP contribution >= 0.6 is 0 Å². The molecule has 1 atom stereocenters. The van der Waals surface area contributed by atoms with E-state index in [2.05, 4.69) is 5.16 Å². The quantitative estimate of drug-likeness (QED) is 0.880. The highest BCUT2D eigenvalue weighted by Crippen LogP contribution is 2.17. The van der Waals surface area contributed by atoms with E-state index in [-0.39, 0.29) is 6.04 Å². The molecular weight excluding hydrogens is 216 g/mol. The third kappa shape index (κ3) is 3.07. The molecule has 90 valence electrons. The zero-order valence-corrected chi connectivity index (χ0v) is 10.0. The normalized spacial score (nSPS) is 12.4. The summed E-state index contributed by atoms with van der Waals surface area (Å²) in [6.07, 6.45) is 0. The fraction of sp³-hybridized carbons (Fsp3) is 0.308. The molecule has 0 unspecified atom stereocenters. The highest BCUT2D eigenvalue weighted by Gasteiger charge is 2.02. The van der Waals surface area contributed by atoms with Gasteiger partial charge in [0.15, 0.2) is 0 Å². The average molecular weight is 232 g/mol. The minimum Gasteiger partial charge on any atom is -0.487 e. The first-order chi connectivity index (χ1) is 8.15. The van der Waals surface area contributed by atoms with Gasteiger partial charge in [0.05, 0.1) is 0 Å². The molecule has 17 heavy (non-hydrogen) atoms. The monoisotopic (exact) mass is 232 g/mol. The maximum Gasteiger partial charge on any atom is 0.134 e. The molecule has 0 fully saturated rings. The molecule has 1 heterocycles. The Morgan fingerprint density at radius 2 is 2.06 bits per heavy atom. The van der Waals surface area contributed by atoms with Crippen LogP contribution in [0.2, 0.25) is 0 Å². The minimum atomic E-state index is 0.0437. The van der Waals surface area contributed by atoms with Gasteiger partial charge >= 0.3 is 0 Å². The Labute approximate surface area is 100 Å². The molecule has 0 spiro atoms. The van der Waals surface area contributed by atoms with Gasteiger partial charge in [-0.25, -0.2) is 0 Å². The lowest BCUT2D eigenvalue weighted by atomic mass is 10.1. The van der Waals surface area contributed by atoms with Crippen LogP contribution in [-0.2, 0) is 6.61 Å². The lowest BCUT2D eigenvalue weighted by Crippen LogP contribution is -2.04. The molecule has 4 nitrogen and oxygen atoms in total. The Morgan fingerprint density at radius 3 is 2.59 bits per heavy atom. The van der Waals surface area contributed by atoms with Gasteiger partial charge < -0.3 is 15.0 Å². The van der Waals surface area contributed by atoms with E-state index in [4.69, 9.17) is 15.0 Å². The first kappa shape index (κ1) is 11.7. The predicted octanol–water partition coefficient (Wildman–Crippen LogP) is 2.58. The van der Waals surface area contributed by atoms with Crippen molar-refractivity contribution < 1.29 is 9.26 Å². The van der Waals surface area contributed by atoms with Crippen LogP contribution in [0.1, 0.15) is 30.0 Å². The third-order valence-electron chi connectivity index (χ3n) is 2.47. The molecule has 0 aliphatic carbocycles. The van der Waals surface area contributed by atoms with Gasteiger partial charge in [-0.2, -0.15) is 0 Å². The van der Waals surface area contributed by atoms with Gasteiger partial charge in [-0.3, -0.25) is 0 Å². The highest BCUT2D eigenvalue weighted by molar-refractivity contribution is 5.28. The van der Waals surface area contributed by atoms with Crippen molar-refractivity contribution in [2.24, 2.45) is 5.73 Å². The van der Waals surface area contributed by atoms with Crippen LogP contribution in [0.5, 0.6) is 5.75 Å². The predicted molar refractivity (Wildman–Crippen MR) is 64.6 cm³/mol. The highest BCUT2D eigenvalue weighted by atomic mass is 16.5. The van der Waals surface area contributed by atoms with Gasteiger partial charge in [0, 0.05) is 12.1 Å². The smallest absolute Gasteiger partial charge is 0.134 e. The number of aryl methyl sites for hydroxylation is 1. The standard InChI is InChI=1S/C13H16N2O2/c1-9-7-12(15-17-9)8-16-13-5-3-11(4-6-13)10(2)14/h3-7,10H,8,14H2,1-2H3/t10-/m0/s1. The van der Waals surface area contributed by atoms with Gasteiger partial charge in [-0.05, 0) is 31.5 Å². The number of ether oxygens (including phenoxy) is 1. The van der Waals surface area contributed by atoms with Gasteiger partial charge in [-0.15, -0.1) is 0 Å². The maximum absolute atomic E-state index is 5.77. The Bertz CT molecular complexity index is 474. The van der Waals surface area contributed by atoms with E-state index in [1.807, 2.05) is 44.2 Å².